The third-order valence-electron chi connectivity index (χ3n) is 5.03. The monoisotopic (exact) mass is 638 g/mol. The molecule has 4 aromatic carbocycles. The van der Waals surface area contributed by atoms with Crippen molar-refractivity contribution in [1.29, 1.82) is 10.5 Å². The van der Waals surface area contributed by atoms with Crippen LogP contribution in [0.1, 0.15) is 22.3 Å². The lowest BCUT2D eigenvalue weighted by Crippen LogP contribution is -2.01. The molecule has 0 saturated heterocycles. The maximum Gasteiger partial charge on any atom is 0.140 e. The minimum absolute atomic E-state index is 0.277. The lowest BCUT2D eigenvalue weighted by atomic mass is 10.00. The molecule has 154 valence electrons. The van der Waals surface area contributed by atoms with E-state index in [0.717, 1.165) is 34.6 Å². The van der Waals surface area contributed by atoms with Gasteiger partial charge in [0.1, 0.15) is 12.4 Å². The van der Waals surface area contributed by atoms with Crippen LogP contribution in [0.2, 0.25) is 0 Å². The minimum atomic E-state index is 0.277. The Morgan fingerprint density at radius 1 is 0.875 bits per heavy atom. The van der Waals surface area contributed by atoms with Crippen molar-refractivity contribution in [3.05, 3.63) is 108 Å². The van der Waals surface area contributed by atoms with E-state index in [1.807, 2.05) is 72.8 Å². The molecule has 32 heavy (non-hydrogen) atoms. The summed E-state index contributed by atoms with van der Waals surface area (Å²) >= 11 is 4.52. The van der Waals surface area contributed by atoms with Gasteiger partial charge in [0.2, 0.25) is 0 Å². The molecule has 4 aromatic rings. The first kappa shape index (κ1) is 22.3. The molecule has 3 nitrogen and oxygen atoms in total. The topological polar surface area (TPSA) is 56.8 Å². The summed E-state index contributed by atoms with van der Waals surface area (Å²) in [6.45, 7) is 0.277. The molecule has 0 amide bonds. The van der Waals surface area contributed by atoms with Gasteiger partial charge in [0.05, 0.1) is 26.8 Å². The average Bonchev–Trinajstić information content (AvgIpc) is 2.81. The van der Waals surface area contributed by atoms with Crippen LogP contribution in [0.5, 0.6) is 5.75 Å². The van der Waals surface area contributed by atoms with Crippen molar-refractivity contribution in [2.75, 3.05) is 0 Å². The number of ether oxygens (including phenoxy) is 1. The fourth-order valence-electron chi connectivity index (χ4n) is 3.44. The molecule has 0 unspecified atom stereocenters. The van der Waals surface area contributed by atoms with Crippen molar-refractivity contribution in [2.24, 2.45) is 0 Å². The highest BCUT2D eigenvalue weighted by molar-refractivity contribution is 14.1. The Labute approximate surface area is 214 Å². The van der Waals surface area contributed by atoms with Gasteiger partial charge in [-0.05, 0) is 91.9 Å². The van der Waals surface area contributed by atoms with E-state index in [1.165, 1.54) is 0 Å². The maximum absolute atomic E-state index is 9.92. The highest BCUT2D eigenvalue weighted by atomic mass is 127. The number of halogens is 2. The number of fused-ring (bicyclic) bond motifs is 1. The van der Waals surface area contributed by atoms with Gasteiger partial charge in [0.25, 0.3) is 0 Å². The quantitative estimate of drug-likeness (QED) is 0.129. The first-order valence-corrected chi connectivity index (χ1v) is 12.0. The Morgan fingerprint density at radius 2 is 1.62 bits per heavy atom. The van der Waals surface area contributed by atoms with Gasteiger partial charge in [-0.25, -0.2) is 0 Å². The minimum Gasteiger partial charge on any atom is -0.487 e. The Kier molecular flexibility index (Phi) is 7.09. The maximum atomic E-state index is 9.92. The summed E-state index contributed by atoms with van der Waals surface area (Å²) in [5.74, 6) is 0.701. The fourth-order valence-corrected chi connectivity index (χ4v) is 5.48. The van der Waals surface area contributed by atoms with Gasteiger partial charge in [-0.3, -0.25) is 0 Å². The number of nitriles is 2. The van der Waals surface area contributed by atoms with E-state index in [4.69, 9.17) is 4.74 Å². The molecule has 0 bridgehead atoms. The molecule has 0 aliphatic carbocycles. The van der Waals surface area contributed by atoms with Crippen LogP contribution in [0.4, 0.5) is 0 Å². The predicted octanol–water partition coefficient (Wildman–Crippen LogP) is 7.56. The van der Waals surface area contributed by atoms with Gasteiger partial charge < -0.3 is 4.74 Å². The molecular formula is C27H16I2N2O. The second-order valence-corrected chi connectivity index (χ2v) is 9.50. The standard InChI is InChI=1S/C27H16I2N2O/c28-25-13-23(12-24(16-31)20-10-9-18-5-1-2-6-19(18)11-20)27(26(29)14-25)32-17-22-8-4-3-7-21(22)15-30/h1-14H,17H2/b24-12-. The number of hydrogen-bond acceptors (Lipinski definition) is 3. The fraction of sp³-hybridized carbons (Fsp3) is 0.0370. The summed E-state index contributed by atoms with van der Waals surface area (Å²) in [7, 11) is 0. The molecule has 0 aromatic heterocycles. The van der Waals surface area contributed by atoms with Gasteiger partial charge >= 0.3 is 0 Å². The number of nitrogens with zero attached hydrogens (tertiary/aromatic N) is 2. The van der Waals surface area contributed by atoms with Crippen LogP contribution in [0.3, 0.4) is 0 Å². The molecular weight excluding hydrogens is 622 g/mol. The molecule has 0 fully saturated rings. The molecule has 0 atom stereocenters. The predicted molar refractivity (Wildman–Crippen MR) is 145 cm³/mol. The Morgan fingerprint density at radius 3 is 2.41 bits per heavy atom. The molecule has 0 heterocycles. The molecule has 0 radical (unpaired) electrons. The second-order valence-electron chi connectivity index (χ2n) is 7.10. The summed E-state index contributed by atoms with van der Waals surface area (Å²) in [6.07, 6.45) is 1.87. The number of benzene rings is 4. The highest BCUT2D eigenvalue weighted by Gasteiger charge is 2.12. The smallest absolute Gasteiger partial charge is 0.140 e. The van der Waals surface area contributed by atoms with Crippen molar-refractivity contribution in [3.8, 4) is 17.9 Å². The molecule has 0 saturated carbocycles. The normalized spacial score (nSPS) is 11.1. The van der Waals surface area contributed by atoms with Crippen LogP contribution in [0, 0.1) is 29.8 Å². The summed E-state index contributed by atoms with van der Waals surface area (Å²) in [5, 5.41) is 21.5. The molecule has 0 N–H and O–H groups in total. The van der Waals surface area contributed by atoms with Crippen LogP contribution >= 0.6 is 45.2 Å². The largest absolute Gasteiger partial charge is 0.487 e. The third-order valence-corrected chi connectivity index (χ3v) is 6.45. The first-order valence-electron chi connectivity index (χ1n) is 9.80. The van der Waals surface area contributed by atoms with E-state index in [2.05, 4.69) is 63.4 Å². The van der Waals surface area contributed by atoms with Crippen LogP contribution in [-0.2, 0) is 6.61 Å². The average molecular weight is 638 g/mol. The number of hydrogen-bond donors (Lipinski definition) is 0. The second kappa shape index (κ2) is 10.2. The lowest BCUT2D eigenvalue weighted by Gasteiger charge is -2.14. The zero-order chi connectivity index (χ0) is 22.5. The van der Waals surface area contributed by atoms with Crippen molar-refractivity contribution in [2.45, 2.75) is 6.61 Å². The van der Waals surface area contributed by atoms with Crippen molar-refractivity contribution in [3.63, 3.8) is 0 Å². The summed E-state index contributed by atoms with van der Waals surface area (Å²) in [6, 6.07) is 30.2. The van der Waals surface area contributed by atoms with Gasteiger partial charge in [0.15, 0.2) is 0 Å². The molecule has 4 rings (SSSR count). The molecule has 0 aliphatic rings. The first-order chi connectivity index (χ1) is 15.6. The van der Waals surface area contributed by atoms with Gasteiger partial charge in [-0.2, -0.15) is 10.5 Å². The number of allylic oxidation sites excluding steroid dienone is 1. The van der Waals surface area contributed by atoms with Crippen molar-refractivity contribution in [1.82, 2.24) is 0 Å². The van der Waals surface area contributed by atoms with Crippen LogP contribution in [0.25, 0.3) is 22.4 Å². The Hall–Kier alpha value is -2.88. The van der Waals surface area contributed by atoms with Crippen molar-refractivity contribution >= 4 is 67.6 Å². The van der Waals surface area contributed by atoms with E-state index in [1.54, 1.807) is 6.07 Å². The lowest BCUT2D eigenvalue weighted by molar-refractivity contribution is 0.303. The Bertz CT molecular complexity index is 1430. The Balaban J connectivity index is 1.74. The zero-order valence-electron chi connectivity index (χ0n) is 16.8. The van der Waals surface area contributed by atoms with E-state index >= 15 is 0 Å². The third kappa shape index (κ3) is 4.95. The van der Waals surface area contributed by atoms with E-state index < -0.39 is 0 Å². The SMILES string of the molecule is N#C/C(=C/c1cc(I)cc(I)c1OCc1ccccc1C#N)c1ccc2ccccc2c1. The summed E-state index contributed by atoms with van der Waals surface area (Å²) in [5.41, 5.74) is 3.69. The van der Waals surface area contributed by atoms with Crippen LogP contribution < -0.4 is 4.74 Å². The van der Waals surface area contributed by atoms with E-state index in [-0.39, 0.29) is 6.61 Å². The highest BCUT2D eigenvalue weighted by Crippen LogP contribution is 2.33. The summed E-state index contributed by atoms with van der Waals surface area (Å²) in [4.78, 5) is 0. The van der Waals surface area contributed by atoms with E-state index in [9.17, 15) is 10.5 Å². The van der Waals surface area contributed by atoms with Crippen LogP contribution in [-0.4, -0.2) is 0 Å². The molecule has 0 aliphatic heterocycles. The summed E-state index contributed by atoms with van der Waals surface area (Å²) < 4.78 is 8.19. The van der Waals surface area contributed by atoms with Gasteiger partial charge in [0, 0.05) is 14.7 Å². The number of rotatable bonds is 5. The molecule has 0 spiro atoms. The molecule has 5 heteroatoms. The van der Waals surface area contributed by atoms with Gasteiger partial charge in [-0.1, -0.05) is 54.6 Å². The van der Waals surface area contributed by atoms with Crippen molar-refractivity contribution < 1.29 is 4.74 Å². The van der Waals surface area contributed by atoms with E-state index in [0.29, 0.717) is 16.9 Å². The zero-order valence-corrected chi connectivity index (χ0v) is 21.2. The van der Waals surface area contributed by atoms with Gasteiger partial charge in [-0.15, -0.1) is 0 Å². The van der Waals surface area contributed by atoms with Crippen LogP contribution in [0.15, 0.2) is 78.9 Å².